The topological polar surface area (TPSA) is 59.3 Å². The van der Waals surface area contributed by atoms with Crippen LogP contribution in [0.1, 0.15) is 28.9 Å². The molecule has 0 spiro atoms. The lowest BCUT2D eigenvalue weighted by Gasteiger charge is -2.15. The van der Waals surface area contributed by atoms with Crippen molar-refractivity contribution in [2.45, 2.75) is 25.8 Å². The van der Waals surface area contributed by atoms with E-state index >= 15 is 0 Å². The number of aryl methyl sites for hydroxylation is 1. The minimum Gasteiger partial charge on any atom is -0.481 e. The number of carbonyl (C=O) groups excluding carboxylic acids is 1. The van der Waals surface area contributed by atoms with Crippen molar-refractivity contribution < 1.29 is 14.7 Å². The molecule has 3 rings (SSSR count). The molecular formula is C14H13NO3. The first kappa shape index (κ1) is 11.0. The zero-order valence-corrected chi connectivity index (χ0v) is 9.85. The van der Waals surface area contributed by atoms with E-state index < -0.39 is 5.97 Å². The minimum atomic E-state index is -0.896. The molecule has 1 N–H and O–H groups in total. The number of fused-ring (bicyclic) bond motifs is 3. The number of rotatable bonds is 2. The van der Waals surface area contributed by atoms with Crippen molar-refractivity contribution >= 4 is 22.7 Å². The van der Waals surface area contributed by atoms with Crippen LogP contribution in [0.25, 0.3) is 10.9 Å². The molecule has 4 heteroatoms. The molecule has 0 unspecified atom stereocenters. The van der Waals surface area contributed by atoms with E-state index in [9.17, 15) is 9.59 Å². The van der Waals surface area contributed by atoms with Crippen LogP contribution in [-0.2, 0) is 17.8 Å². The maximum absolute atomic E-state index is 12.0. The van der Waals surface area contributed by atoms with E-state index in [0.29, 0.717) is 17.7 Å². The van der Waals surface area contributed by atoms with Gasteiger partial charge in [-0.15, -0.1) is 0 Å². The van der Waals surface area contributed by atoms with Crippen molar-refractivity contribution in [1.29, 1.82) is 0 Å². The fraction of sp³-hybridized carbons (Fsp3) is 0.286. The van der Waals surface area contributed by atoms with Crippen molar-refractivity contribution in [2.75, 3.05) is 0 Å². The maximum atomic E-state index is 12.0. The Bertz CT molecular complexity index is 654. The molecule has 0 bridgehead atoms. The van der Waals surface area contributed by atoms with Gasteiger partial charge in [-0.3, -0.25) is 9.59 Å². The van der Waals surface area contributed by atoms with E-state index in [1.807, 2.05) is 28.8 Å². The van der Waals surface area contributed by atoms with Crippen molar-refractivity contribution in [1.82, 2.24) is 4.57 Å². The number of hydrogen-bond donors (Lipinski definition) is 1. The molecule has 18 heavy (non-hydrogen) atoms. The van der Waals surface area contributed by atoms with Crippen LogP contribution in [-0.4, -0.2) is 21.4 Å². The van der Waals surface area contributed by atoms with Crippen LogP contribution in [0, 0.1) is 0 Å². The van der Waals surface area contributed by atoms with Crippen molar-refractivity contribution in [2.24, 2.45) is 0 Å². The third-order valence-electron chi connectivity index (χ3n) is 3.45. The molecule has 0 saturated heterocycles. The first-order valence-electron chi connectivity index (χ1n) is 6.03. The van der Waals surface area contributed by atoms with Gasteiger partial charge in [0.15, 0.2) is 5.78 Å². The largest absolute Gasteiger partial charge is 0.481 e. The van der Waals surface area contributed by atoms with Gasteiger partial charge in [-0.05, 0) is 18.1 Å². The highest BCUT2D eigenvalue weighted by atomic mass is 16.4. The average Bonchev–Trinajstić information content (AvgIpc) is 2.66. The van der Waals surface area contributed by atoms with Gasteiger partial charge in [0, 0.05) is 23.9 Å². The Kier molecular flexibility index (Phi) is 2.44. The van der Waals surface area contributed by atoms with Crippen molar-refractivity contribution in [3.63, 3.8) is 0 Å². The highest BCUT2D eigenvalue weighted by Crippen LogP contribution is 2.30. The summed E-state index contributed by atoms with van der Waals surface area (Å²) >= 11 is 0. The molecule has 0 aliphatic carbocycles. The van der Waals surface area contributed by atoms with Crippen LogP contribution in [0.15, 0.2) is 24.3 Å². The summed E-state index contributed by atoms with van der Waals surface area (Å²) in [6.45, 7) is 0.793. The van der Waals surface area contributed by atoms with Crippen LogP contribution in [0.4, 0.5) is 0 Å². The van der Waals surface area contributed by atoms with Gasteiger partial charge in [-0.1, -0.05) is 18.2 Å². The Labute approximate surface area is 104 Å². The monoisotopic (exact) mass is 243 g/mol. The molecule has 4 nitrogen and oxygen atoms in total. The summed E-state index contributed by atoms with van der Waals surface area (Å²) < 4.78 is 1.97. The first-order chi connectivity index (χ1) is 8.68. The number of nitrogens with zero attached hydrogens (tertiary/aromatic N) is 1. The molecule has 0 fully saturated rings. The van der Waals surface area contributed by atoms with Crippen LogP contribution < -0.4 is 0 Å². The van der Waals surface area contributed by atoms with E-state index in [1.165, 1.54) is 0 Å². The Morgan fingerprint density at radius 2 is 2.11 bits per heavy atom. The minimum absolute atomic E-state index is 0.0636. The fourth-order valence-electron chi connectivity index (χ4n) is 2.77. The van der Waals surface area contributed by atoms with E-state index in [-0.39, 0.29) is 12.2 Å². The molecule has 0 amide bonds. The summed E-state index contributed by atoms with van der Waals surface area (Å²) in [5.41, 5.74) is 2.24. The summed E-state index contributed by atoms with van der Waals surface area (Å²) in [7, 11) is 0. The van der Waals surface area contributed by atoms with Gasteiger partial charge in [0.2, 0.25) is 0 Å². The summed E-state index contributed by atoms with van der Waals surface area (Å²) in [5.74, 6) is -0.832. The number of benzene rings is 1. The maximum Gasteiger partial charge on any atom is 0.307 e. The number of carboxylic acid groups (broad SMARTS) is 1. The lowest BCUT2D eigenvalue weighted by atomic mass is 10.0. The number of Topliss-reactive ketones (excluding diaryl/α,β-unsaturated/α-hetero) is 1. The molecule has 92 valence electrons. The third-order valence-corrected chi connectivity index (χ3v) is 3.45. The second-order valence-corrected chi connectivity index (χ2v) is 4.59. The van der Waals surface area contributed by atoms with Crippen LogP contribution >= 0.6 is 0 Å². The van der Waals surface area contributed by atoms with Crippen LogP contribution in [0.5, 0.6) is 0 Å². The first-order valence-corrected chi connectivity index (χ1v) is 6.03. The normalized spacial score (nSPS) is 14.8. The molecular weight excluding hydrogens is 230 g/mol. The van der Waals surface area contributed by atoms with Gasteiger partial charge in [0.05, 0.1) is 12.1 Å². The molecule has 1 aliphatic heterocycles. The zero-order valence-electron chi connectivity index (χ0n) is 9.85. The lowest BCUT2D eigenvalue weighted by Crippen LogP contribution is -2.18. The number of carboxylic acids is 1. The molecule has 1 aliphatic rings. The van der Waals surface area contributed by atoms with Crippen LogP contribution in [0.2, 0.25) is 0 Å². The Balaban J connectivity index is 2.34. The van der Waals surface area contributed by atoms with E-state index in [2.05, 4.69) is 0 Å². The molecule has 2 heterocycles. The smallest absolute Gasteiger partial charge is 0.307 e. The highest BCUT2D eigenvalue weighted by molar-refractivity contribution is 6.04. The van der Waals surface area contributed by atoms with E-state index in [0.717, 1.165) is 23.9 Å². The zero-order chi connectivity index (χ0) is 12.7. The molecule has 1 aromatic heterocycles. The Hall–Kier alpha value is -2.10. The van der Waals surface area contributed by atoms with Gasteiger partial charge in [-0.2, -0.15) is 0 Å². The number of ketones is 1. The van der Waals surface area contributed by atoms with Gasteiger partial charge in [0.25, 0.3) is 0 Å². The van der Waals surface area contributed by atoms with Crippen LogP contribution in [0.3, 0.4) is 0 Å². The van der Waals surface area contributed by atoms with Gasteiger partial charge >= 0.3 is 5.97 Å². The van der Waals surface area contributed by atoms with E-state index in [4.69, 9.17) is 5.11 Å². The second-order valence-electron chi connectivity index (χ2n) is 4.59. The predicted octanol–water partition coefficient (Wildman–Crippen LogP) is 2.24. The molecule has 0 saturated carbocycles. The number of aliphatic carboxylic acids is 1. The van der Waals surface area contributed by atoms with Gasteiger partial charge < -0.3 is 9.67 Å². The molecule has 1 aromatic carbocycles. The third kappa shape index (κ3) is 1.53. The highest BCUT2D eigenvalue weighted by Gasteiger charge is 2.26. The average molecular weight is 243 g/mol. The standard InChI is InChI=1S/C14H13NO3/c16-12-6-3-7-15-11-5-2-1-4-9(11)10(14(12)15)8-13(17)18/h1-2,4-5H,3,6-8H2,(H,17,18). The van der Waals surface area contributed by atoms with Crippen molar-refractivity contribution in [3.8, 4) is 0 Å². The number of carbonyl (C=O) groups is 2. The Morgan fingerprint density at radius 3 is 2.89 bits per heavy atom. The van der Waals surface area contributed by atoms with Crippen molar-refractivity contribution in [3.05, 3.63) is 35.5 Å². The second kappa shape index (κ2) is 3.98. The fourth-order valence-corrected chi connectivity index (χ4v) is 2.77. The summed E-state index contributed by atoms with van der Waals surface area (Å²) in [4.78, 5) is 23.0. The summed E-state index contributed by atoms with van der Waals surface area (Å²) in [5, 5.41) is 9.91. The SMILES string of the molecule is O=C(O)Cc1c2n(c3ccccc13)CCCC2=O. The summed E-state index contributed by atoms with van der Waals surface area (Å²) in [6.07, 6.45) is 1.26. The number of hydrogen-bond acceptors (Lipinski definition) is 2. The lowest BCUT2D eigenvalue weighted by molar-refractivity contribution is -0.136. The molecule has 0 radical (unpaired) electrons. The predicted molar refractivity (Wildman–Crippen MR) is 66.8 cm³/mol. The Morgan fingerprint density at radius 1 is 1.33 bits per heavy atom. The van der Waals surface area contributed by atoms with Gasteiger partial charge in [0.1, 0.15) is 0 Å². The number of aromatic nitrogens is 1. The number of para-hydroxylation sites is 1. The quantitative estimate of drug-likeness (QED) is 0.880. The van der Waals surface area contributed by atoms with Gasteiger partial charge in [-0.25, -0.2) is 0 Å². The molecule has 0 atom stereocenters. The summed E-state index contributed by atoms with van der Waals surface area (Å²) in [6, 6.07) is 7.64. The molecule has 2 aromatic rings. The van der Waals surface area contributed by atoms with E-state index in [1.54, 1.807) is 0 Å².